The first kappa shape index (κ1) is 9.73. The molecule has 0 fully saturated rings. The first-order valence-electron chi connectivity index (χ1n) is 4.21. The van der Waals surface area contributed by atoms with Gasteiger partial charge >= 0.3 is 0 Å². The van der Waals surface area contributed by atoms with E-state index in [0.717, 1.165) is 0 Å². The summed E-state index contributed by atoms with van der Waals surface area (Å²) in [4.78, 5) is 15.4. The Hall–Kier alpha value is -1.81. The molecule has 1 N–H and O–H groups in total. The van der Waals surface area contributed by atoms with Gasteiger partial charge in [0, 0.05) is 11.9 Å². The van der Waals surface area contributed by atoms with Crippen molar-refractivity contribution in [1.29, 1.82) is 0 Å². The third-order valence-electron chi connectivity index (χ3n) is 1.77. The van der Waals surface area contributed by atoms with Crippen LogP contribution in [-0.4, -0.2) is 10.9 Å². The normalized spacial score (nSPS) is 9.93. The van der Waals surface area contributed by atoms with Crippen molar-refractivity contribution in [3.8, 4) is 0 Å². The molecule has 0 spiro atoms. The molecule has 4 nitrogen and oxygen atoms in total. The van der Waals surface area contributed by atoms with Crippen LogP contribution in [0, 0.1) is 0 Å². The van der Waals surface area contributed by atoms with Crippen molar-refractivity contribution >= 4 is 23.2 Å². The molecule has 0 radical (unpaired) electrons. The third kappa shape index (κ3) is 2.35. The van der Waals surface area contributed by atoms with Crippen molar-refractivity contribution < 1.29 is 9.21 Å². The van der Waals surface area contributed by atoms with Gasteiger partial charge < -0.3 is 9.73 Å². The minimum atomic E-state index is -0.244. The van der Waals surface area contributed by atoms with Crippen molar-refractivity contribution in [2.75, 3.05) is 5.32 Å². The van der Waals surface area contributed by atoms with Crippen LogP contribution in [0.1, 0.15) is 10.4 Å². The van der Waals surface area contributed by atoms with Crippen molar-refractivity contribution in [2.24, 2.45) is 0 Å². The maximum Gasteiger partial charge on any atom is 0.258 e. The fraction of sp³-hybridized carbons (Fsp3) is 0. The molecule has 0 aliphatic rings. The average Bonchev–Trinajstić information content (AvgIpc) is 2.70. The highest BCUT2D eigenvalue weighted by Gasteiger charge is 2.06. The van der Waals surface area contributed by atoms with E-state index in [2.05, 4.69) is 10.3 Å². The number of anilines is 1. The number of hydrogen-bond acceptors (Lipinski definition) is 3. The van der Waals surface area contributed by atoms with E-state index in [4.69, 9.17) is 16.0 Å². The summed E-state index contributed by atoms with van der Waals surface area (Å²) in [6.07, 6.45) is 4.33. The van der Waals surface area contributed by atoms with E-state index in [-0.39, 0.29) is 5.91 Å². The monoisotopic (exact) mass is 222 g/mol. The Morgan fingerprint density at radius 3 is 3.00 bits per heavy atom. The highest BCUT2D eigenvalue weighted by molar-refractivity contribution is 6.29. The molecule has 0 unspecified atom stereocenters. The largest absolute Gasteiger partial charge is 0.472 e. The first-order valence-corrected chi connectivity index (χ1v) is 4.58. The van der Waals surface area contributed by atoms with E-state index >= 15 is 0 Å². The van der Waals surface area contributed by atoms with Crippen LogP contribution < -0.4 is 5.32 Å². The first-order chi connectivity index (χ1) is 7.25. The summed E-state index contributed by atoms with van der Waals surface area (Å²) in [5, 5.41) is 3.00. The van der Waals surface area contributed by atoms with E-state index in [1.807, 2.05) is 0 Å². The van der Waals surface area contributed by atoms with Crippen LogP contribution in [0.4, 0.5) is 5.69 Å². The van der Waals surface area contributed by atoms with Crippen molar-refractivity contribution in [3.05, 3.63) is 47.6 Å². The second-order valence-electron chi connectivity index (χ2n) is 2.83. The zero-order valence-electron chi connectivity index (χ0n) is 7.61. The topological polar surface area (TPSA) is 55.1 Å². The number of hydrogen-bond donors (Lipinski definition) is 1. The lowest BCUT2D eigenvalue weighted by molar-refractivity contribution is 0.102. The van der Waals surface area contributed by atoms with Gasteiger partial charge in [-0.2, -0.15) is 0 Å². The second-order valence-corrected chi connectivity index (χ2v) is 3.22. The van der Waals surface area contributed by atoms with Gasteiger partial charge in [0.05, 0.1) is 11.8 Å². The maximum atomic E-state index is 11.6. The molecule has 2 aromatic rings. The van der Waals surface area contributed by atoms with Crippen LogP contribution in [0.3, 0.4) is 0 Å². The Kier molecular flexibility index (Phi) is 2.69. The number of nitrogens with one attached hydrogen (secondary N) is 1. The highest BCUT2D eigenvalue weighted by atomic mass is 35.5. The number of halogens is 1. The van der Waals surface area contributed by atoms with E-state index in [9.17, 15) is 4.79 Å². The lowest BCUT2D eigenvalue weighted by atomic mass is 10.3. The van der Waals surface area contributed by atoms with Gasteiger partial charge in [-0.15, -0.1) is 0 Å². The smallest absolute Gasteiger partial charge is 0.258 e. The maximum absolute atomic E-state index is 11.6. The Labute approximate surface area is 90.9 Å². The van der Waals surface area contributed by atoms with Crippen LogP contribution in [0.15, 0.2) is 41.3 Å². The molecule has 0 aliphatic heterocycles. The Balaban J connectivity index is 2.13. The van der Waals surface area contributed by atoms with Gasteiger partial charge in [-0.3, -0.25) is 4.79 Å². The Bertz CT molecular complexity index is 468. The standard InChI is InChI=1S/C10H7ClN2O2/c11-9-5-8(1-3-12-9)13-10(14)7-2-4-15-6-7/h1-6H,(H,12,13,14). The number of furan rings is 1. The molecule has 2 heterocycles. The summed E-state index contributed by atoms with van der Waals surface area (Å²) in [7, 11) is 0. The summed E-state index contributed by atoms with van der Waals surface area (Å²) in [6, 6.07) is 4.81. The number of carbonyl (C=O) groups is 1. The molecular weight excluding hydrogens is 216 g/mol. The molecule has 2 aromatic heterocycles. The van der Waals surface area contributed by atoms with E-state index < -0.39 is 0 Å². The highest BCUT2D eigenvalue weighted by Crippen LogP contribution is 2.13. The fourth-order valence-electron chi connectivity index (χ4n) is 1.08. The molecule has 2 rings (SSSR count). The lowest BCUT2D eigenvalue weighted by Crippen LogP contribution is -2.10. The summed E-state index contributed by atoms with van der Waals surface area (Å²) in [5.41, 5.74) is 1.06. The van der Waals surface area contributed by atoms with Crippen LogP contribution in [0.5, 0.6) is 0 Å². The predicted molar refractivity (Wildman–Crippen MR) is 55.9 cm³/mol. The molecule has 0 saturated heterocycles. The Morgan fingerprint density at radius 1 is 1.47 bits per heavy atom. The summed E-state index contributed by atoms with van der Waals surface area (Å²) in [6.45, 7) is 0. The van der Waals surface area contributed by atoms with E-state index in [1.54, 1.807) is 18.2 Å². The van der Waals surface area contributed by atoms with Crippen LogP contribution >= 0.6 is 11.6 Å². The molecule has 0 aliphatic carbocycles. The summed E-state index contributed by atoms with van der Waals surface area (Å²) in [5.74, 6) is -0.244. The summed E-state index contributed by atoms with van der Waals surface area (Å²) >= 11 is 5.67. The predicted octanol–water partition coefficient (Wildman–Crippen LogP) is 2.58. The number of amides is 1. The van der Waals surface area contributed by atoms with Crippen LogP contribution in [-0.2, 0) is 0 Å². The molecule has 0 aromatic carbocycles. The molecule has 0 bridgehead atoms. The lowest BCUT2D eigenvalue weighted by Gasteiger charge is -2.02. The molecule has 0 saturated carbocycles. The van der Waals surface area contributed by atoms with Gasteiger partial charge in [-0.25, -0.2) is 4.98 Å². The van der Waals surface area contributed by atoms with Gasteiger partial charge in [0.2, 0.25) is 0 Å². The van der Waals surface area contributed by atoms with E-state index in [0.29, 0.717) is 16.4 Å². The van der Waals surface area contributed by atoms with Gasteiger partial charge in [0.15, 0.2) is 0 Å². The quantitative estimate of drug-likeness (QED) is 0.795. The minimum absolute atomic E-state index is 0.244. The molecule has 15 heavy (non-hydrogen) atoms. The van der Waals surface area contributed by atoms with Crippen molar-refractivity contribution in [3.63, 3.8) is 0 Å². The molecule has 76 valence electrons. The number of aromatic nitrogens is 1. The van der Waals surface area contributed by atoms with Gasteiger partial charge in [0.25, 0.3) is 5.91 Å². The average molecular weight is 223 g/mol. The number of nitrogens with zero attached hydrogens (tertiary/aromatic N) is 1. The zero-order valence-corrected chi connectivity index (χ0v) is 8.36. The Morgan fingerprint density at radius 2 is 2.33 bits per heavy atom. The SMILES string of the molecule is O=C(Nc1ccnc(Cl)c1)c1ccoc1. The molecule has 5 heteroatoms. The van der Waals surface area contributed by atoms with Gasteiger partial charge in [-0.1, -0.05) is 11.6 Å². The zero-order chi connectivity index (χ0) is 10.7. The van der Waals surface area contributed by atoms with Crippen molar-refractivity contribution in [1.82, 2.24) is 4.98 Å². The summed E-state index contributed by atoms with van der Waals surface area (Å²) < 4.78 is 4.80. The minimum Gasteiger partial charge on any atom is -0.472 e. The van der Waals surface area contributed by atoms with E-state index in [1.165, 1.54) is 18.7 Å². The number of pyridine rings is 1. The molecular formula is C10H7ClN2O2. The van der Waals surface area contributed by atoms with Crippen molar-refractivity contribution in [2.45, 2.75) is 0 Å². The van der Waals surface area contributed by atoms with Gasteiger partial charge in [0.1, 0.15) is 11.4 Å². The third-order valence-corrected chi connectivity index (χ3v) is 1.97. The number of carbonyl (C=O) groups excluding carboxylic acids is 1. The number of rotatable bonds is 2. The second kappa shape index (κ2) is 4.14. The fourth-order valence-corrected chi connectivity index (χ4v) is 1.25. The molecule has 0 atom stereocenters. The van der Waals surface area contributed by atoms with Crippen LogP contribution in [0.25, 0.3) is 0 Å². The van der Waals surface area contributed by atoms with Crippen LogP contribution in [0.2, 0.25) is 5.15 Å². The molecule has 1 amide bonds. The van der Waals surface area contributed by atoms with Gasteiger partial charge in [-0.05, 0) is 18.2 Å².